The Kier molecular flexibility index (Phi) is 4.37. The Morgan fingerprint density at radius 3 is 2.24 bits per heavy atom. The Hall–Kier alpha value is -2.21. The first-order valence-corrected chi connectivity index (χ1v) is 7.90. The highest BCUT2D eigenvalue weighted by molar-refractivity contribution is 7.92. The summed E-state index contributed by atoms with van der Waals surface area (Å²) in [7, 11) is -0.247. The van der Waals surface area contributed by atoms with Crippen LogP contribution in [0.15, 0.2) is 47.4 Å². The third-order valence-electron chi connectivity index (χ3n) is 3.13. The minimum Gasteiger partial charge on any atom is -0.497 e. The van der Waals surface area contributed by atoms with Gasteiger partial charge in [-0.2, -0.15) is 0 Å². The highest BCUT2D eigenvalue weighted by Gasteiger charge is 2.15. The van der Waals surface area contributed by atoms with Gasteiger partial charge in [0, 0.05) is 12.7 Å². The SMILES string of the molecule is CNc1ccc(S(=O)(=O)Nc2ccc(OC)cc2C)cc1. The smallest absolute Gasteiger partial charge is 0.261 e. The lowest BCUT2D eigenvalue weighted by atomic mass is 10.2. The normalized spacial score (nSPS) is 11.0. The molecule has 5 nitrogen and oxygen atoms in total. The van der Waals surface area contributed by atoms with Crippen LogP contribution in [-0.2, 0) is 10.0 Å². The Labute approximate surface area is 125 Å². The zero-order valence-corrected chi connectivity index (χ0v) is 13.0. The van der Waals surface area contributed by atoms with E-state index in [1.807, 2.05) is 6.92 Å². The summed E-state index contributed by atoms with van der Waals surface area (Å²) in [6.07, 6.45) is 0. The zero-order chi connectivity index (χ0) is 15.5. The summed E-state index contributed by atoms with van der Waals surface area (Å²) in [6.45, 7) is 1.82. The van der Waals surface area contributed by atoms with E-state index in [4.69, 9.17) is 4.74 Å². The molecule has 2 aromatic carbocycles. The Morgan fingerprint density at radius 2 is 1.71 bits per heavy atom. The highest BCUT2D eigenvalue weighted by Crippen LogP contribution is 2.24. The molecule has 0 spiro atoms. The van der Waals surface area contributed by atoms with E-state index < -0.39 is 10.0 Å². The molecule has 0 saturated heterocycles. The van der Waals surface area contributed by atoms with Crippen LogP contribution in [0.3, 0.4) is 0 Å². The maximum Gasteiger partial charge on any atom is 0.261 e. The number of methoxy groups -OCH3 is 1. The Morgan fingerprint density at radius 1 is 1.05 bits per heavy atom. The fourth-order valence-electron chi connectivity index (χ4n) is 1.88. The van der Waals surface area contributed by atoms with Gasteiger partial charge < -0.3 is 10.1 Å². The van der Waals surface area contributed by atoms with Crippen LogP contribution in [0.4, 0.5) is 11.4 Å². The molecule has 0 aromatic heterocycles. The van der Waals surface area contributed by atoms with Gasteiger partial charge in [-0.25, -0.2) is 8.42 Å². The van der Waals surface area contributed by atoms with Crippen molar-refractivity contribution in [1.82, 2.24) is 0 Å². The van der Waals surface area contributed by atoms with Gasteiger partial charge in [-0.15, -0.1) is 0 Å². The quantitative estimate of drug-likeness (QED) is 0.891. The fraction of sp³-hybridized carbons (Fsp3) is 0.200. The summed E-state index contributed by atoms with van der Waals surface area (Å²) in [5.41, 5.74) is 2.19. The van der Waals surface area contributed by atoms with Crippen LogP contribution < -0.4 is 14.8 Å². The van der Waals surface area contributed by atoms with E-state index in [2.05, 4.69) is 10.0 Å². The van der Waals surface area contributed by atoms with E-state index in [0.29, 0.717) is 11.4 Å². The summed E-state index contributed by atoms with van der Waals surface area (Å²) in [6, 6.07) is 11.7. The number of hydrogen-bond donors (Lipinski definition) is 2. The van der Waals surface area contributed by atoms with Crippen molar-refractivity contribution < 1.29 is 13.2 Å². The molecule has 0 radical (unpaired) electrons. The molecule has 0 fully saturated rings. The van der Waals surface area contributed by atoms with Gasteiger partial charge in [0.05, 0.1) is 17.7 Å². The molecular formula is C15H18N2O3S. The number of sulfonamides is 1. The predicted octanol–water partition coefficient (Wildman–Crippen LogP) is 2.85. The monoisotopic (exact) mass is 306 g/mol. The third-order valence-corrected chi connectivity index (χ3v) is 4.51. The van der Waals surface area contributed by atoms with E-state index in [-0.39, 0.29) is 4.90 Å². The maximum absolute atomic E-state index is 12.3. The number of rotatable bonds is 5. The van der Waals surface area contributed by atoms with Crippen molar-refractivity contribution in [2.45, 2.75) is 11.8 Å². The molecule has 0 aliphatic carbocycles. The average molecular weight is 306 g/mol. The molecule has 2 aromatic rings. The molecule has 0 aliphatic heterocycles. The first-order valence-electron chi connectivity index (χ1n) is 6.41. The highest BCUT2D eigenvalue weighted by atomic mass is 32.2. The zero-order valence-electron chi connectivity index (χ0n) is 12.2. The molecule has 6 heteroatoms. The van der Waals surface area contributed by atoms with Crippen molar-refractivity contribution in [3.63, 3.8) is 0 Å². The van der Waals surface area contributed by atoms with Crippen LogP contribution >= 0.6 is 0 Å². The van der Waals surface area contributed by atoms with Gasteiger partial charge >= 0.3 is 0 Å². The van der Waals surface area contributed by atoms with E-state index in [9.17, 15) is 8.42 Å². The minimum absolute atomic E-state index is 0.219. The minimum atomic E-state index is -3.60. The summed E-state index contributed by atoms with van der Waals surface area (Å²) >= 11 is 0. The number of benzene rings is 2. The lowest BCUT2D eigenvalue weighted by Crippen LogP contribution is -2.13. The van der Waals surface area contributed by atoms with E-state index in [0.717, 1.165) is 11.3 Å². The molecule has 0 atom stereocenters. The first kappa shape index (κ1) is 15.2. The van der Waals surface area contributed by atoms with Crippen molar-refractivity contribution in [2.24, 2.45) is 0 Å². The van der Waals surface area contributed by atoms with Crippen LogP contribution in [0.1, 0.15) is 5.56 Å². The number of hydrogen-bond acceptors (Lipinski definition) is 4. The predicted molar refractivity (Wildman–Crippen MR) is 84.5 cm³/mol. The number of aryl methyl sites for hydroxylation is 1. The molecule has 2 rings (SSSR count). The standard InChI is InChI=1S/C15H18N2O3S/c1-11-10-13(20-3)6-9-15(11)17-21(18,19)14-7-4-12(16-2)5-8-14/h4-10,16-17H,1-3H3. The Balaban J connectivity index is 2.28. The average Bonchev–Trinajstić information content (AvgIpc) is 2.49. The molecule has 0 bridgehead atoms. The van der Waals surface area contributed by atoms with Crippen LogP contribution in [0.5, 0.6) is 5.75 Å². The fourth-order valence-corrected chi connectivity index (χ4v) is 3.01. The molecule has 0 aliphatic rings. The van der Waals surface area contributed by atoms with Crippen LogP contribution in [0, 0.1) is 6.92 Å². The second kappa shape index (κ2) is 6.05. The largest absolute Gasteiger partial charge is 0.497 e. The topological polar surface area (TPSA) is 67.4 Å². The summed E-state index contributed by atoms with van der Waals surface area (Å²) in [5.74, 6) is 0.689. The van der Waals surface area contributed by atoms with Crippen LogP contribution in [0.25, 0.3) is 0 Å². The Bertz CT molecular complexity index is 725. The van der Waals surface area contributed by atoms with E-state index in [1.54, 1.807) is 56.6 Å². The molecule has 0 heterocycles. The van der Waals surface area contributed by atoms with Gasteiger partial charge in [0.15, 0.2) is 0 Å². The van der Waals surface area contributed by atoms with Crippen molar-refractivity contribution in [3.8, 4) is 5.75 Å². The van der Waals surface area contributed by atoms with Crippen molar-refractivity contribution in [2.75, 3.05) is 24.2 Å². The van der Waals surface area contributed by atoms with Crippen molar-refractivity contribution >= 4 is 21.4 Å². The van der Waals surface area contributed by atoms with Crippen molar-refractivity contribution in [3.05, 3.63) is 48.0 Å². The molecule has 2 N–H and O–H groups in total. The molecule has 0 saturated carbocycles. The summed E-state index contributed by atoms with van der Waals surface area (Å²) in [4.78, 5) is 0.219. The second-order valence-electron chi connectivity index (χ2n) is 4.56. The van der Waals surface area contributed by atoms with Crippen molar-refractivity contribution in [1.29, 1.82) is 0 Å². The molecular weight excluding hydrogens is 288 g/mol. The lowest BCUT2D eigenvalue weighted by Gasteiger charge is -2.12. The van der Waals surface area contributed by atoms with Gasteiger partial charge in [-0.05, 0) is 55.0 Å². The summed E-state index contributed by atoms with van der Waals surface area (Å²) < 4.78 is 32.4. The molecule has 112 valence electrons. The van der Waals surface area contributed by atoms with Gasteiger partial charge in [0.1, 0.15) is 5.75 Å². The second-order valence-corrected chi connectivity index (χ2v) is 6.24. The summed E-state index contributed by atoms with van der Waals surface area (Å²) in [5, 5.41) is 2.95. The van der Waals surface area contributed by atoms with Gasteiger partial charge in [-0.3, -0.25) is 4.72 Å². The van der Waals surface area contributed by atoms with Crippen LogP contribution in [0.2, 0.25) is 0 Å². The number of nitrogens with one attached hydrogen (secondary N) is 2. The van der Waals surface area contributed by atoms with E-state index >= 15 is 0 Å². The third kappa shape index (κ3) is 3.46. The lowest BCUT2D eigenvalue weighted by molar-refractivity contribution is 0.414. The molecule has 0 unspecified atom stereocenters. The van der Waals surface area contributed by atoms with Gasteiger partial charge in [-0.1, -0.05) is 0 Å². The number of anilines is 2. The van der Waals surface area contributed by atoms with Crippen LogP contribution in [-0.4, -0.2) is 22.6 Å². The molecule has 21 heavy (non-hydrogen) atoms. The van der Waals surface area contributed by atoms with Gasteiger partial charge in [0.25, 0.3) is 10.0 Å². The maximum atomic E-state index is 12.3. The van der Waals surface area contributed by atoms with E-state index in [1.165, 1.54) is 0 Å². The first-order chi connectivity index (χ1) is 9.96. The molecule has 0 amide bonds. The number of ether oxygens (including phenoxy) is 1. The van der Waals surface area contributed by atoms with Gasteiger partial charge in [0.2, 0.25) is 0 Å².